The highest BCUT2D eigenvalue weighted by Gasteiger charge is 2.06. The molecular weight excluding hydrogens is 320 g/mol. The van der Waals surface area contributed by atoms with Gasteiger partial charge >= 0.3 is 0 Å². The Balaban J connectivity index is 1.92. The Morgan fingerprint density at radius 1 is 1.30 bits per heavy atom. The highest BCUT2D eigenvalue weighted by Crippen LogP contribution is 2.19. The number of hydrogen-bond acceptors (Lipinski definition) is 3. The number of carbonyl (C=O) groups excluding carboxylic acids is 1. The summed E-state index contributed by atoms with van der Waals surface area (Å²) >= 11 is 3.29. The van der Waals surface area contributed by atoms with Gasteiger partial charge in [-0.2, -0.15) is 0 Å². The summed E-state index contributed by atoms with van der Waals surface area (Å²) in [5.41, 5.74) is 2.10. The van der Waals surface area contributed by atoms with Crippen LogP contribution in [0.5, 0.6) is 5.75 Å². The van der Waals surface area contributed by atoms with Crippen molar-refractivity contribution < 1.29 is 9.53 Å². The molecule has 0 saturated heterocycles. The standard InChI is InChI=1S/C15H15BrN2O2/c1-10-3-4-11(2)13(7-10)20-9-15(19)18-14-6-5-12(16)8-17-14/h3-8H,9H2,1-2H3,(H,17,18,19). The Morgan fingerprint density at radius 3 is 2.80 bits per heavy atom. The van der Waals surface area contributed by atoms with E-state index in [1.807, 2.05) is 38.1 Å². The minimum atomic E-state index is -0.235. The van der Waals surface area contributed by atoms with E-state index in [1.54, 1.807) is 12.3 Å². The molecule has 5 heteroatoms. The van der Waals surface area contributed by atoms with Gasteiger partial charge in [0.05, 0.1) is 0 Å². The van der Waals surface area contributed by atoms with Crippen molar-refractivity contribution in [2.75, 3.05) is 11.9 Å². The molecule has 1 heterocycles. The third-order valence-corrected chi connectivity index (χ3v) is 3.17. The van der Waals surface area contributed by atoms with Crippen molar-refractivity contribution in [3.05, 3.63) is 52.1 Å². The largest absolute Gasteiger partial charge is 0.483 e. The van der Waals surface area contributed by atoms with E-state index in [1.165, 1.54) is 0 Å². The van der Waals surface area contributed by atoms with E-state index >= 15 is 0 Å². The van der Waals surface area contributed by atoms with E-state index in [0.717, 1.165) is 21.3 Å². The predicted octanol–water partition coefficient (Wildman–Crippen LogP) is 3.48. The van der Waals surface area contributed by atoms with E-state index in [2.05, 4.69) is 26.2 Å². The van der Waals surface area contributed by atoms with E-state index < -0.39 is 0 Å². The molecule has 1 N–H and O–H groups in total. The zero-order valence-electron chi connectivity index (χ0n) is 11.3. The summed E-state index contributed by atoms with van der Waals surface area (Å²) in [6.07, 6.45) is 1.63. The van der Waals surface area contributed by atoms with Gasteiger partial charge in [-0.3, -0.25) is 4.79 Å². The number of nitrogens with zero attached hydrogens (tertiary/aromatic N) is 1. The molecule has 0 aliphatic heterocycles. The lowest BCUT2D eigenvalue weighted by atomic mass is 10.1. The number of nitrogens with one attached hydrogen (secondary N) is 1. The number of halogens is 1. The summed E-state index contributed by atoms with van der Waals surface area (Å²) in [6, 6.07) is 9.43. The van der Waals surface area contributed by atoms with Gasteiger partial charge in [-0.05, 0) is 59.1 Å². The number of ether oxygens (including phenoxy) is 1. The maximum Gasteiger partial charge on any atom is 0.263 e. The van der Waals surface area contributed by atoms with Gasteiger partial charge in [0.1, 0.15) is 11.6 Å². The Morgan fingerprint density at radius 2 is 2.10 bits per heavy atom. The molecule has 0 aliphatic rings. The number of pyridine rings is 1. The zero-order chi connectivity index (χ0) is 14.5. The maximum atomic E-state index is 11.8. The number of hydrogen-bond donors (Lipinski definition) is 1. The van der Waals surface area contributed by atoms with Gasteiger partial charge in [-0.25, -0.2) is 4.98 Å². The first-order valence-electron chi connectivity index (χ1n) is 6.16. The van der Waals surface area contributed by atoms with Crippen LogP contribution in [0, 0.1) is 13.8 Å². The van der Waals surface area contributed by atoms with Crippen molar-refractivity contribution in [3.8, 4) is 5.75 Å². The van der Waals surface area contributed by atoms with Crippen molar-refractivity contribution in [3.63, 3.8) is 0 Å². The molecule has 20 heavy (non-hydrogen) atoms. The number of benzene rings is 1. The van der Waals surface area contributed by atoms with Crippen LogP contribution >= 0.6 is 15.9 Å². The number of carbonyl (C=O) groups is 1. The first kappa shape index (κ1) is 14.5. The number of anilines is 1. The van der Waals surface area contributed by atoms with Crippen molar-refractivity contribution in [1.82, 2.24) is 4.98 Å². The minimum Gasteiger partial charge on any atom is -0.483 e. The van der Waals surface area contributed by atoms with E-state index in [0.29, 0.717) is 5.82 Å². The first-order chi connectivity index (χ1) is 9.54. The van der Waals surface area contributed by atoms with Crippen LogP contribution in [0.3, 0.4) is 0 Å². The first-order valence-corrected chi connectivity index (χ1v) is 6.95. The lowest BCUT2D eigenvalue weighted by Gasteiger charge is -2.10. The molecule has 0 saturated carbocycles. The Labute approximate surface area is 126 Å². The van der Waals surface area contributed by atoms with Crippen LogP contribution in [0.2, 0.25) is 0 Å². The summed E-state index contributed by atoms with van der Waals surface area (Å²) in [7, 11) is 0. The molecule has 0 radical (unpaired) electrons. The Bertz CT molecular complexity index is 612. The smallest absolute Gasteiger partial charge is 0.263 e. The molecule has 0 fully saturated rings. The van der Waals surface area contributed by atoms with Crippen LogP contribution in [0.15, 0.2) is 41.0 Å². The van der Waals surface area contributed by atoms with Crippen LogP contribution in [-0.2, 0) is 4.79 Å². The van der Waals surface area contributed by atoms with E-state index in [4.69, 9.17) is 4.74 Å². The molecule has 0 unspecified atom stereocenters. The van der Waals surface area contributed by atoms with Crippen LogP contribution in [-0.4, -0.2) is 17.5 Å². The molecule has 2 rings (SSSR count). The van der Waals surface area contributed by atoms with Gasteiger partial charge < -0.3 is 10.1 Å². The topological polar surface area (TPSA) is 51.2 Å². The molecule has 1 aromatic carbocycles. The fraction of sp³-hybridized carbons (Fsp3) is 0.200. The number of amides is 1. The van der Waals surface area contributed by atoms with Crippen LogP contribution in [0.1, 0.15) is 11.1 Å². The predicted molar refractivity (Wildman–Crippen MR) is 82.0 cm³/mol. The molecule has 1 amide bonds. The molecule has 0 spiro atoms. The summed E-state index contributed by atoms with van der Waals surface area (Å²) in [5.74, 6) is 0.993. The van der Waals surface area contributed by atoms with Gasteiger partial charge in [0.25, 0.3) is 5.91 Å². The zero-order valence-corrected chi connectivity index (χ0v) is 12.9. The van der Waals surface area contributed by atoms with Crippen molar-refractivity contribution in [2.24, 2.45) is 0 Å². The lowest BCUT2D eigenvalue weighted by Crippen LogP contribution is -2.21. The summed E-state index contributed by atoms with van der Waals surface area (Å²) < 4.78 is 6.39. The fourth-order valence-corrected chi connectivity index (χ4v) is 1.87. The second kappa shape index (κ2) is 6.52. The molecule has 104 valence electrons. The second-order valence-electron chi connectivity index (χ2n) is 4.47. The fourth-order valence-electron chi connectivity index (χ4n) is 1.63. The average Bonchev–Trinajstić information content (AvgIpc) is 2.42. The Hall–Kier alpha value is -1.88. The van der Waals surface area contributed by atoms with Gasteiger partial charge in [-0.1, -0.05) is 12.1 Å². The monoisotopic (exact) mass is 334 g/mol. The van der Waals surface area contributed by atoms with Crippen molar-refractivity contribution >= 4 is 27.7 Å². The van der Waals surface area contributed by atoms with Crippen molar-refractivity contribution in [2.45, 2.75) is 13.8 Å². The van der Waals surface area contributed by atoms with Crippen LogP contribution < -0.4 is 10.1 Å². The third kappa shape index (κ3) is 4.06. The highest BCUT2D eigenvalue weighted by atomic mass is 79.9. The summed E-state index contributed by atoms with van der Waals surface area (Å²) in [6.45, 7) is 3.89. The molecular formula is C15H15BrN2O2. The average molecular weight is 335 g/mol. The van der Waals surface area contributed by atoms with Gasteiger partial charge in [0.15, 0.2) is 6.61 Å². The molecule has 4 nitrogen and oxygen atoms in total. The SMILES string of the molecule is Cc1ccc(C)c(OCC(=O)Nc2ccc(Br)cn2)c1. The van der Waals surface area contributed by atoms with E-state index in [-0.39, 0.29) is 12.5 Å². The van der Waals surface area contributed by atoms with E-state index in [9.17, 15) is 4.79 Å². The highest BCUT2D eigenvalue weighted by molar-refractivity contribution is 9.10. The van der Waals surface area contributed by atoms with Gasteiger partial charge in [0.2, 0.25) is 0 Å². The van der Waals surface area contributed by atoms with Crippen LogP contribution in [0.25, 0.3) is 0 Å². The van der Waals surface area contributed by atoms with Crippen molar-refractivity contribution in [1.29, 1.82) is 0 Å². The van der Waals surface area contributed by atoms with Gasteiger partial charge in [0, 0.05) is 10.7 Å². The summed E-state index contributed by atoms with van der Waals surface area (Å²) in [5, 5.41) is 2.68. The number of aryl methyl sites for hydroxylation is 2. The molecule has 0 bridgehead atoms. The Kier molecular flexibility index (Phi) is 4.74. The lowest BCUT2D eigenvalue weighted by molar-refractivity contribution is -0.118. The minimum absolute atomic E-state index is 0.0396. The number of rotatable bonds is 4. The number of aromatic nitrogens is 1. The third-order valence-electron chi connectivity index (χ3n) is 2.70. The summed E-state index contributed by atoms with van der Waals surface area (Å²) in [4.78, 5) is 15.8. The van der Waals surface area contributed by atoms with Gasteiger partial charge in [-0.15, -0.1) is 0 Å². The normalized spacial score (nSPS) is 10.2. The second-order valence-corrected chi connectivity index (χ2v) is 5.38. The molecule has 1 aromatic heterocycles. The maximum absolute atomic E-state index is 11.8. The molecule has 0 atom stereocenters. The molecule has 2 aromatic rings. The molecule has 0 aliphatic carbocycles. The quantitative estimate of drug-likeness (QED) is 0.931. The van der Waals surface area contributed by atoms with Crippen LogP contribution in [0.4, 0.5) is 5.82 Å².